The highest BCUT2D eigenvalue weighted by atomic mass is 32.2. The van der Waals surface area contributed by atoms with Crippen molar-refractivity contribution in [3.05, 3.63) is 60.0 Å². The van der Waals surface area contributed by atoms with Crippen LogP contribution in [0.4, 0.5) is 4.39 Å². The normalized spacial score (nSPS) is 24.2. The van der Waals surface area contributed by atoms with Gasteiger partial charge in [-0.2, -0.15) is 0 Å². The number of nitrogens with one attached hydrogen (secondary N) is 2. The number of pyridine rings is 1. The van der Waals surface area contributed by atoms with Crippen LogP contribution in [0.3, 0.4) is 0 Å². The number of hydrogen-bond donors (Lipinski definition) is 2. The van der Waals surface area contributed by atoms with Crippen LogP contribution in [0.15, 0.2) is 53.7 Å². The number of aromatic nitrogens is 3. The van der Waals surface area contributed by atoms with E-state index in [1.165, 1.54) is 16.8 Å². The maximum Gasteiger partial charge on any atom is 0.268 e. The Bertz CT molecular complexity index is 1330. The molecule has 0 aliphatic heterocycles. The van der Waals surface area contributed by atoms with Crippen LogP contribution in [0, 0.1) is 11.3 Å². The minimum atomic E-state index is -4.15. The van der Waals surface area contributed by atoms with Gasteiger partial charge in [0.25, 0.3) is 15.9 Å². The third-order valence-electron chi connectivity index (χ3n) is 6.27. The van der Waals surface area contributed by atoms with Crippen molar-refractivity contribution >= 4 is 27.5 Å². The highest BCUT2D eigenvalue weighted by Gasteiger charge is 2.64. The van der Waals surface area contributed by atoms with E-state index in [0.29, 0.717) is 36.2 Å². The van der Waals surface area contributed by atoms with E-state index in [-0.39, 0.29) is 11.4 Å². The second-order valence-corrected chi connectivity index (χ2v) is 10.0. The molecule has 3 aromatic rings. The zero-order valence-electron chi connectivity index (χ0n) is 16.9. The number of benzene rings is 1. The third-order valence-corrected chi connectivity index (χ3v) is 7.72. The molecule has 1 spiro atoms. The molecule has 2 aliphatic rings. The number of sulfonamides is 1. The van der Waals surface area contributed by atoms with Gasteiger partial charge in [0.2, 0.25) is 5.91 Å². The summed E-state index contributed by atoms with van der Waals surface area (Å²) in [5.74, 6) is -1.55. The van der Waals surface area contributed by atoms with E-state index < -0.39 is 39.3 Å². The molecular weight excluding hydrogens is 437 g/mol. The Morgan fingerprint density at radius 2 is 1.88 bits per heavy atom. The molecule has 1 unspecified atom stereocenters. The summed E-state index contributed by atoms with van der Waals surface area (Å²) in [7, 11) is -4.15. The van der Waals surface area contributed by atoms with Crippen LogP contribution in [-0.2, 0) is 21.4 Å². The van der Waals surface area contributed by atoms with E-state index in [1.54, 1.807) is 36.4 Å². The van der Waals surface area contributed by atoms with E-state index in [2.05, 4.69) is 20.2 Å². The summed E-state index contributed by atoms with van der Waals surface area (Å²) in [4.78, 5) is 25.0. The summed E-state index contributed by atoms with van der Waals surface area (Å²) < 4.78 is 42.7. The average Bonchev–Trinajstić information content (AvgIpc) is 3.19. The van der Waals surface area contributed by atoms with Crippen molar-refractivity contribution in [2.75, 3.05) is 0 Å². The zero-order valence-corrected chi connectivity index (χ0v) is 17.7. The van der Waals surface area contributed by atoms with Crippen LogP contribution in [0.5, 0.6) is 0 Å². The van der Waals surface area contributed by atoms with Gasteiger partial charge in [-0.05, 0) is 43.0 Å². The van der Waals surface area contributed by atoms with Gasteiger partial charge in [0.1, 0.15) is 18.2 Å². The number of rotatable bonds is 6. The minimum Gasteiger partial charge on any atom is -0.347 e. The summed E-state index contributed by atoms with van der Waals surface area (Å²) in [6.45, 7) is -0.0707. The summed E-state index contributed by atoms with van der Waals surface area (Å²) in [6.07, 6.45) is 1.74. The Labute approximate surface area is 183 Å². The van der Waals surface area contributed by atoms with Gasteiger partial charge >= 0.3 is 0 Å². The van der Waals surface area contributed by atoms with Gasteiger partial charge in [0.05, 0.1) is 4.90 Å². The number of hydrogen-bond acceptors (Lipinski definition) is 6. The van der Waals surface area contributed by atoms with Crippen molar-refractivity contribution in [2.45, 2.75) is 36.9 Å². The first-order valence-electron chi connectivity index (χ1n) is 10.1. The monoisotopic (exact) mass is 457 g/mol. The van der Waals surface area contributed by atoms with E-state index in [1.807, 2.05) is 0 Å². The lowest BCUT2D eigenvalue weighted by Crippen LogP contribution is -2.43. The number of fused-ring (bicyclic) bond motifs is 1. The molecular formula is C21H20FN5O4S. The Hall–Kier alpha value is -3.34. The number of nitrogens with zero attached hydrogens (tertiary/aromatic N) is 3. The lowest BCUT2D eigenvalue weighted by molar-refractivity contribution is -0.128. The minimum absolute atomic E-state index is 0.0707. The van der Waals surface area contributed by atoms with Crippen molar-refractivity contribution in [3.8, 4) is 0 Å². The van der Waals surface area contributed by atoms with Crippen LogP contribution in [0.1, 0.15) is 35.3 Å². The Morgan fingerprint density at radius 3 is 2.62 bits per heavy atom. The van der Waals surface area contributed by atoms with E-state index in [0.717, 1.165) is 0 Å². The fourth-order valence-electron chi connectivity index (χ4n) is 4.31. The molecule has 1 aromatic carbocycles. The van der Waals surface area contributed by atoms with Crippen molar-refractivity contribution in [2.24, 2.45) is 11.3 Å². The van der Waals surface area contributed by atoms with Crippen molar-refractivity contribution in [1.29, 1.82) is 0 Å². The zero-order chi connectivity index (χ0) is 22.5. The Balaban J connectivity index is 1.28. The Kier molecular flexibility index (Phi) is 4.73. The van der Waals surface area contributed by atoms with Gasteiger partial charge in [-0.1, -0.05) is 24.3 Å². The largest absolute Gasteiger partial charge is 0.347 e. The van der Waals surface area contributed by atoms with Gasteiger partial charge in [-0.15, -0.1) is 10.2 Å². The first-order valence-corrected chi connectivity index (χ1v) is 11.6. The quantitative estimate of drug-likeness (QED) is 0.580. The lowest BCUT2D eigenvalue weighted by Gasteiger charge is -2.34. The highest BCUT2D eigenvalue weighted by molar-refractivity contribution is 7.90. The molecule has 0 bridgehead atoms. The molecule has 0 saturated heterocycles. The molecule has 9 nitrogen and oxygen atoms in total. The maximum absolute atomic E-state index is 13.4. The van der Waals surface area contributed by atoms with E-state index in [4.69, 9.17) is 0 Å². The molecule has 166 valence electrons. The second kappa shape index (κ2) is 7.37. The predicted octanol–water partition coefficient (Wildman–Crippen LogP) is 1.60. The van der Waals surface area contributed by atoms with Gasteiger partial charge in [0.15, 0.2) is 5.65 Å². The Morgan fingerprint density at radius 1 is 1.12 bits per heavy atom. The fraction of sp³-hybridized carbons (Fsp3) is 0.333. The van der Waals surface area contributed by atoms with Gasteiger partial charge in [0, 0.05) is 17.9 Å². The molecule has 1 atom stereocenters. The smallest absolute Gasteiger partial charge is 0.268 e. The number of carbonyl (C=O) groups excluding carboxylic acids is 2. The molecule has 5 rings (SSSR count). The molecule has 2 N–H and O–H groups in total. The fourth-order valence-corrected chi connectivity index (χ4v) is 5.59. The first kappa shape index (κ1) is 20.6. The van der Waals surface area contributed by atoms with Gasteiger partial charge < -0.3 is 5.32 Å². The number of amides is 2. The maximum atomic E-state index is 13.4. The molecule has 2 saturated carbocycles. The third kappa shape index (κ3) is 3.52. The molecule has 2 aliphatic carbocycles. The molecule has 2 amide bonds. The summed E-state index contributed by atoms with van der Waals surface area (Å²) in [5.41, 5.74) is 0.729. The van der Waals surface area contributed by atoms with Crippen LogP contribution in [0.2, 0.25) is 0 Å². The summed E-state index contributed by atoms with van der Waals surface area (Å²) in [6, 6.07) is 11.1. The predicted molar refractivity (Wildman–Crippen MR) is 111 cm³/mol. The first-order chi connectivity index (χ1) is 15.3. The highest BCUT2D eigenvalue weighted by Crippen LogP contribution is 2.64. The van der Waals surface area contributed by atoms with E-state index >= 15 is 0 Å². The van der Waals surface area contributed by atoms with Crippen LogP contribution >= 0.6 is 0 Å². The van der Waals surface area contributed by atoms with Crippen LogP contribution in [0.25, 0.3) is 5.65 Å². The average molecular weight is 457 g/mol. The number of halogens is 1. The number of alkyl halides is 1. The van der Waals surface area contributed by atoms with E-state index in [9.17, 15) is 22.4 Å². The summed E-state index contributed by atoms with van der Waals surface area (Å²) >= 11 is 0. The molecule has 2 aromatic heterocycles. The van der Waals surface area contributed by atoms with Crippen LogP contribution < -0.4 is 10.0 Å². The van der Waals surface area contributed by atoms with Crippen LogP contribution in [-0.4, -0.2) is 41.0 Å². The number of carbonyl (C=O) groups is 2. The molecule has 32 heavy (non-hydrogen) atoms. The standard InChI is InChI=1S/C21H20FN5O4S/c22-17-10-21(17)8-14(9-21)19(28)26-32(30,31)16-6-2-1-4-13(16)11-23-20(29)15-5-3-7-18-25-24-12-27(15)18/h1-7,12,14,17H,8-11H2,(H,23,29)(H,26,28). The molecule has 2 heterocycles. The lowest BCUT2D eigenvalue weighted by atomic mass is 9.71. The van der Waals surface area contributed by atoms with Crippen molar-refractivity contribution in [3.63, 3.8) is 0 Å². The molecule has 0 radical (unpaired) electrons. The topological polar surface area (TPSA) is 123 Å². The van der Waals surface area contributed by atoms with Crippen molar-refractivity contribution < 1.29 is 22.4 Å². The summed E-state index contributed by atoms with van der Waals surface area (Å²) in [5, 5.41) is 10.4. The molecule has 2 fully saturated rings. The second-order valence-electron chi connectivity index (χ2n) is 8.37. The van der Waals surface area contributed by atoms with Gasteiger partial charge in [-0.3, -0.25) is 14.0 Å². The SMILES string of the molecule is O=C(NCc1ccccc1S(=O)(=O)NC(=O)C1CC2(C1)CC2F)c1cccc2nncn12. The van der Waals surface area contributed by atoms with Gasteiger partial charge in [-0.25, -0.2) is 17.5 Å². The van der Waals surface area contributed by atoms with Crippen molar-refractivity contribution in [1.82, 2.24) is 24.6 Å². The molecule has 11 heteroatoms.